The monoisotopic (exact) mass is 289 g/mol. The van der Waals surface area contributed by atoms with Gasteiger partial charge in [0.1, 0.15) is 0 Å². The molecule has 0 amide bonds. The summed E-state index contributed by atoms with van der Waals surface area (Å²) in [5, 5.41) is 0. The van der Waals surface area contributed by atoms with E-state index in [0.717, 1.165) is 44.0 Å². The number of hydrogen-bond donors (Lipinski definition) is 1. The lowest BCUT2D eigenvalue weighted by Crippen LogP contribution is -2.55. The van der Waals surface area contributed by atoms with Crippen LogP contribution in [-0.4, -0.2) is 53.1 Å². The Morgan fingerprint density at radius 1 is 1.24 bits per heavy atom. The first-order chi connectivity index (χ1) is 10.3. The molecular formula is C16H27N5. The van der Waals surface area contributed by atoms with Crippen LogP contribution >= 0.6 is 0 Å². The van der Waals surface area contributed by atoms with Crippen LogP contribution in [0.1, 0.15) is 38.2 Å². The molecule has 0 saturated carbocycles. The van der Waals surface area contributed by atoms with Gasteiger partial charge in [-0.25, -0.2) is 9.97 Å². The highest BCUT2D eigenvalue weighted by Crippen LogP contribution is 2.23. The molecule has 0 bridgehead atoms. The summed E-state index contributed by atoms with van der Waals surface area (Å²) in [4.78, 5) is 14.1. The van der Waals surface area contributed by atoms with Gasteiger partial charge in [-0.2, -0.15) is 0 Å². The van der Waals surface area contributed by atoms with Gasteiger partial charge < -0.3 is 10.6 Å². The predicted molar refractivity (Wildman–Crippen MR) is 85.4 cm³/mol. The minimum absolute atomic E-state index is 0.213. The minimum Gasteiger partial charge on any atom is -0.338 e. The third-order valence-corrected chi connectivity index (χ3v) is 4.83. The molecule has 0 spiro atoms. The second kappa shape index (κ2) is 6.71. The summed E-state index contributed by atoms with van der Waals surface area (Å²) in [6.07, 6.45) is 9.80. The standard InChI is InChI=1S/C16H27N5/c1-2-14(17)9-13-10-18-16(19-11-13)21-8-7-20-6-4-3-5-15(20)12-21/h10-11,14-15H,2-9,12,17H2,1H3. The third-order valence-electron chi connectivity index (χ3n) is 4.83. The molecule has 3 heterocycles. The van der Waals surface area contributed by atoms with Gasteiger partial charge in [0.15, 0.2) is 0 Å². The Bertz CT molecular complexity index is 446. The number of piperidine rings is 1. The number of fused-ring (bicyclic) bond motifs is 1. The molecule has 5 nitrogen and oxygen atoms in total. The van der Waals surface area contributed by atoms with Crippen molar-refractivity contribution in [3.8, 4) is 0 Å². The van der Waals surface area contributed by atoms with Crippen LogP contribution in [0.25, 0.3) is 0 Å². The molecule has 2 aliphatic rings. The molecule has 0 aromatic carbocycles. The van der Waals surface area contributed by atoms with Crippen LogP contribution in [0.3, 0.4) is 0 Å². The van der Waals surface area contributed by atoms with Crippen molar-refractivity contribution in [1.82, 2.24) is 14.9 Å². The largest absolute Gasteiger partial charge is 0.338 e. The maximum absolute atomic E-state index is 5.99. The Labute approximate surface area is 127 Å². The third kappa shape index (κ3) is 3.52. The highest BCUT2D eigenvalue weighted by atomic mass is 15.3. The Hall–Kier alpha value is -1.20. The second-order valence-electron chi connectivity index (χ2n) is 6.40. The van der Waals surface area contributed by atoms with Gasteiger partial charge in [0, 0.05) is 44.1 Å². The average molecular weight is 289 g/mol. The average Bonchev–Trinajstić information content (AvgIpc) is 2.55. The Morgan fingerprint density at radius 3 is 2.81 bits per heavy atom. The molecule has 2 atom stereocenters. The van der Waals surface area contributed by atoms with Crippen molar-refractivity contribution in [2.75, 3.05) is 31.1 Å². The second-order valence-corrected chi connectivity index (χ2v) is 6.40. The summed E-state index contributed by atoms with van der Waals surface area (Å²) in [5.41, 5.74) is 7.13. The molecule has 2 saturated heterocycles. The maximum Gasteiger partial charge on any atom is 0.225 e. The maximum atomic E-state index is 5.99. The normalized spacial score (nSPS) is 24.7. The Balaban J connectivity index is 1.61. The van der Waals surface area contributed by atoms with Crippen molar-refractivity contribution >= 4 is 5.95 Å². The Morgan fingerprint density at radius 2 is 2.05 bits per heavy atom. The highest BCUT2D eigenvalue weighted by molar-refractivity contribution is 5.31. The van der Waals surface area contributed by atoms with Gasteiger partial charge in [-0.1, -0.05) is 13.3 Å². The van der Waals surface area contributed by atoms with Gasteiger partial charge >= 0.3 is 0 Å². The van der Waals surface area contributed by atoms with Crippen molar-refractivity contribution in [2.24, 2.45) is 5.73 Å². The first-order valence-corrected chi connectivity index (χ1v) is 8.31. The molecule has 21 heavy (non-hydrogen) atoms. The molecule has 3 rings (SSSR count). The van der Waals surface area contributed by atoms with Gasteiger partial charge in [0.25, 0.3) is 0 Å². The fraction of sp³-hybridized carbons (Fsp3) is 0.750. The number of piperazine rings is 1. The van der Waals surface area contributed by atoms with E-state index in [2.05, 4.69) is 26.7 Å². The van der Waals surface area contributed by atoms with Crippen molar-refractivity contribution in [3.63, 3.8) is 0 Å². The van der Waals surface area contributed by atoms with E-state index in [1.165, 1.54) is 25.8 Å². The zero-order chi connectivity index (χ0) is 14.7. The summed E-state index contributed by atoms with van der Waals surface area (Å²) >= 11 is 0. The van der Waals surface area contributed by atoms with Crippen LogP contribution in [0.5, 0.6) is 0 Å². The van der Waals surface area contributed by atoms with Gasteiger partial charge in [0.2, 0.25) is 5.95 Å². The molecule has 116 valence electrons. The van der Waals surface area contributed by atoms with Gasteiger partial charge in [0.05, 0.1) is 0 Å². The first kappa shape index (κ1) is 14.7. The van der Waals surface area contributed by atoms with Gasteiger partial charge in [-0.15, -0.1) is 0 Å². The van der Waals surface area contributed by atoms with Crippen molar-refractivity contribution in [1.29, 1.82) is 0 Å². The molecule has 2 aliphatic heterocycles. The van der Waals surface area contributed by atoms with Gasteiger partial charge in [-0.05, 0) is 37.8 Å². The molecular weight excluding hydrogens is 262 g/mol. The van der Waals surface area contributed by atoms with E-state index >= 15 is 0 Å². The summed E-state index contributed by atoms with van der Waals surface area (Å²) in [6.45, 7) is 6.66. The number of hydrogen-bond acceptors (Lipinski definition) is 5. The molecule has 2 fully saturated rings. The molecule has 2 N–H and O–H groups in total. The van der Waals surface area contributed by atoms with E-state index in [4.69, 9.17) is 5.73 Å². The van der Waals surface area contributed by atoms with Crippen LogP contribution < -0.4 is 10.6 Å². The van der Waals surface area contributed by atoms with Crippen LogP contribution in [0, 0.1) is 0 Å². The number of anilines is 1. The first-order valence-electron chi connectivity index (χ1n) is 8.31. The van der Waals surface area contributed by atoms with Crippen LogP contribution in [0.4, 0.5) is 5.95 Å². The van der Waals surface area contributed by atoms with E-state index in [0.29, 0.717) is 6.04 Å². The molecule has 1 aromatic rings. The number of nitrogens with zero attached hydrogens (tertiary/aromatic N) is 4. The van der Waals surface area contributed by atoms with Crippen molar-refractivity contribution < 1.29 is 0 Å². The lowest BCUT2D eigenvalue weighted by molar-refractivity contribution is 0.133. The lowest BCUT2D eigenvalue weighted by Gasteiger charge is -2.44. The van der Waals surface area contributed by atoms with E-state index in [-0.39, 0.29) is 6.04 Å². The number of aromatic nitrogens is 2. The topological polar surface area (TPSA) is 58.3 Å². The predicted octanol–water partition coefficient (Wildman–Crippen LogP) is 1.43. The Kier molecular flexibility index (Phi) is 4.70. The summed E-state index contributed by atoms with van der Waals surface area (Å²) < 4.78 is 0. The molecule has 0 radical (unpaired) electrons. The van der Waals surface area contributed by atoms with E-state index in [1.807, 2.05) is 12.4 Å². The quantitative estimate of drug-likeness (QED) is 0.908. The van der Waals surface area contributed by atoms with Gasteiger partial charge in [-0.3, -0.25) is 4.90 Å². The smallest absolute Gasteiger partial charge is 0.225 e. The summed E-state index contributed by atoms with van der Waals surface area (Å²) in [7, 11) is 0. The zero-order valence-corrected chi connectivity index (χ0v) is 13.0. The SMILES string of the molecule is CCC(N)Cc1cnc(N2CCN3CCCCC3C2)nc1. The van der Waals surface area contributed by atoms with E-state index in [1.54, 1.807) is 0 Å². The molecule has 5 heteroatoms. The van der Waals surface area contributed by atoms with Crippen molar-refractivity contribution in [2.45, 2.75) is 51.1 Å². The highest BCUT2D eigenvalue weighted by Gasteiger charge is 2.29. The molecule has 2 unspecified atom stereocenters. The zero-order valence-electron chi connectivity index (χ0n) is 13.0. The minimum atomic E-state index is 0.213. The van der Waals surface area contributed by atoms with Crippen molar-refractivity contribution in [3.05, 3.63) is 18.0 Å². The number of nitrogens with two attached hydrogens (primary N) is 1. The summed E-state index contributed by atoms with van der Waals surface area (Å²) in [6, 6.07) is 0.912. The number of rotatable bonds is 4. The van der Waals surface area contributed by atoms with Crippen LogP contribution in [0.15, 0.2) is 12.4 Å². The fourth-order valence-corrected chi connectivity index (χ4v) is 3.40. The van der Waals surface area contributed by atoms with Crippen LogP contribution in [-0.2, 0) is 6.42 Å². The molecule has 0 aliphatic carbocycles. The van der Waals surface area contributed by atoms with Crippen LogP contribution in [0.2, 0.25) is 0 Å². The fourth-order valence-electron chi connectivity index (χ4n) is 3.40. The lowest BCUT2D eigenvalue weighted by atomic mass is 10.00. The van der Waals surface area contributed by atoms with E-state index < -0.39 is 0 Å². The van der Waals surface area contributed by atoms with E-state index in [9.17, 15) is 0 Å². The summed E-state index contributed by atoms with van der Waals surface area (Å²) in [5.74, 6) is 0.883. The molecule has 1 aromatic heterocycles.